The first-order chi connectivity index (χ1) is 13.4. The molecule has 0 fully saturated rings. The fourth-order valence-corrected chi connectivity index (χ4v) is 2.63. The summed E-state index contributed by atoms with van der Waals surface area (Å²) < 4.78 is 1.31. The number of carbonyl (C=O) groups excluding carboxylic acids is 1. The Balaban J connectivity index is 2.63. The number of carbonyl (C=O) groups is 1. The monoisotopic (exact) mass is 402 g/mol. The second-order valence-corrected chi connectivity index (χ2v) is 8.09. The predicted molar refractivity (Wildman–Crippen MR) is 115 cm³/mol. The van der Waals surface area contributed by atoms with Crippen molar-refractivity contribution >= 4 is 28.7 Å². The number of phenols is 1. The van der Waals surface area contributed by atoms with Gasteiger partial charge in [-0.05, 0) is 31.4 Å². The summed E-state index contributed by atoms with van der Waals surface area (Å²) in [5, 5.41) is 34.8. The first-order valence-electron chi connectivity index (χ1n) is 9.40. The Labute approximate surface area is 171 Å². The van der Waals surface area contributed by atoms with E-state index in [9.17, 15) is 20.1 Å². The van der Waals surface area contributed by atoms with E-state index in [1.54, 1.807) is 33.2 Å². The summed E-state index contributed by atoms with van der Waals surface area (Å²) in [5.74, 6) is -1.01. The number of aromatic hydroxyl groups is 3. The lowest BCUT2D eigenvalue weighted by molar-refractivity contribution is 0.0824. The molecule has 158 valence electrons. The smallest absolute Gasteiger partial charge is 0.257 e. The van der Waals surface area contributed by atoms with Gasteiger partial charge in [0, 0.05) is 26.4 Å². The summed E-state index contributed by atoms with van der Waals surface area (Å²) in [7, 11) is 3.18. The van der Waals surface area contributed by atoms with Crippen LogP contribution >= 0.6 is 0 Å². The molecule has 2 rings (SSSR count). The van der Waals surface area contributed by atoms with Crippen LogP contribution in [0, 0.1) is 5.41 Å². The van der Waals surface area contributed by atoms with Gasteiger partial charge in [-0.15, -0.1) is 0 Å². The van der Waals surface area contributed by atoms with Crippen LogP contribution in [-0.4, -0.2) is 50.5 Å². The second kappa shape index (κ2) is 8.06. The van der Waals surface area contributed by atoms with Crippen molar-refractivity contribution in [2.45, 2.75) is 41.2 Å². The van der Waals surface area contributed by atoms with Crippen LogP contribution in [0.1, 0.15) is 45.0 Å². The van der Waals surface area contributed by atoms with E-state index in [4.69, 9.17) is 0 Å². The van der Waals surface area contributed by atoms with Crippen LogP contribution in [-0.2, 0) is 6.54 Å². The average molecular weight is 402 g/mol. The minimum absolute atomic E-state index is 0.120. The fourth-order valence-electron chi connectivity index (χ4n) is 2.63. The van der Waals surface area contributed by atoms with Crippen LogP contribution in [0.5, 0.6) is 17.5 Å². The van der Waals surface area contributed by atoms with Crippen LogP contribution < -0.4 is 5.32 Å². The number of rotatable bonds is 5. The molecule has 0 unspecified atom stereocenters. The molecule has 1 heterocycles. The first kappa shape index (κ1) is 22.1. The van der Waals surface area contributed by atoms with Gasteiger partial charge in [0.1, 0.15) is 5.69 Å². The summed E-state index contributed by atoms with van der Waals surface area (Å²) in [4.78, 5) is 18.2. The molecule has 4 N–H and O–H groups in total. The third-order valence-electron chi connectivity index (χ3n) is 4.80. The Bertz CT molecular complexity index is 953. The average Bonchev–Trinajstić information content (AvgIpc) is 2.85. The third kappa shape index (κ3) is 4.31. The highest BCUT2D eigenvalue weighted by Gasteiger charge is 2.25. The molecule has 0 radical (unpaired) electrons. The Hall–Kier alpha value is -3.16. The number of hydrogen-bond acceptors (Lipinski definition) is 6. The summed E-state index contributed by atoms with van der Waals surface area (Å²) in [6.07, 6.45) is 0. The molecular weight excluding hydrogens is 372 g/mol. The number of anilines is 2. The van der Waals surface area contributed by atoms with Crippen molar-refractivity contribution < 1.29 is 20.1 Å². The molecule has 0 saturated heterocycles. The number of para-hydroxylation sites is 1. The van der Waals surface area contributed by atoms with Crippen LogP contribution in [0.15, 0.2) is 23.2 Å². The molecule has 1 aromatic carbocycles. The Kier molecular flexibility index (Phi) is 6.15. The van der Waals surface area contributed by atoms with E-state index in [2.05, 4.69) is 10.3 Å². The maximum atomic E-state index is 12.3. The third-order valence-corrected chi connectivity index (χ3v) is 4.80. The summed E-state index contributed by atoms with van der Waals surface area (Å²) in [6, 6.07) is 4.71. The van der Waals surface area contributed by atoms with Crippen LogP contribution in [0.3, 0.4) is 0 Å². The first-order valence-corrected chi connectivity index (χ1v) is 9.40. The largest absolute Gasteiger partial charge is 0.505 e. The van der Waals surface area contributed by atoms with Crippen molar-refractivity contribution in [3.63, 3.8) is 0 Å². The highest BCUT2D eigenvalue weighted by atomic mass is 16.3. The van der Waals surface area contributed by atoms with Gasteiger partial charge in [-0.1, -0.05) is 26.8 Å². The van der Waals surface area contributed by atoms with E-state index in [0.717, 1.165) is 5.71 Å². The molecule has 2 aromatic rings. The van der Waals surface area contributed by atoms with Crippen molar-refractivity contribution in [3.05, 3.63) is 23.8 Å². The lowest BCUT2D eigenvalue weighted by atomic mass is 9.91. The molecule has 0 aliphatic heterocycles. The molecule has 1 amide bonds. The topological polar surface area (TPSA) is 110 Å². The zero-order chi connectivity index (χ0) is 22.1. The number of hydrogen-bond donors (Lipinski definition) is 4. The van der Waals surface area contributed by atoms with Crippen LogP contribution in [0.2, 0.25) is 0 Å². The van der Waals surface area contributed by atoms with Gasteiger partial charge in [-0.25, -0.2) is 4.99 Å². The van der Waals surface area contributed by atoms with E-state index in [1.807, 2.05) is 27.7 Å². The van der Waals surface area contributed by atoms with Crippen molar-refractivity contribution in [3.8, 4) is 17.5 Å². The van der Waals surface area contributed by atoms with Crippen LogP contribution in [0.4, 0.5) is 17.1 Å². The molecule has 0 saturated carbocycles. The normalized spacial score (nSPS) is 12.2. The summed E-state index contributed by atoms with van der Waals surface area (Å²) in [6.45, 7) is 9.93. The number of aliphatic imine (C=N–C) groups is 1. The number of benzene rings is 1. The van der Waals surface area contributed by atoms with Crippen molar-refractivity contribution in [1.82, 2.24) is 9.47 Å². The van der Waals surface area contributed by atoms with Gasteiger partial charge >= 0.3 is 0 Å². The van der Waals surface area contributed by atoms with Gasteiger partial charge in [-0.3, -0.25) is 9.36 Å². The zero-order valence-corrected chi connectivity index (χ0v) is 18.0. The Morgan fingerprint density at radius 3 is 2.31 bits per heavy atom. The maximum absolute atomic E-state index is 12.3. The van der Waals surface area contributed by atoms with Gasteiger partial charge in [0.25, 0.3) is 5.91 Å². The molecule has 8 heteroatoms. The minimum atomic E-state index is -0.355. The molecule has 1 aromatic heterocycles. The highest BCUT2D eigenvalue weighted by Crippen LogP contribution is 2.48. The van der Waals surface area contributed by atoms with Crippen LogP contribution in [0.25, 0.3) is 0 Å². The fraction of sp³-hybridized carbons (Fsp3) is 0.429. The van der Waals surface area contributed by atoms with E-state index in [1.165, 1.54) is 15.5 Å². The van der Waals surface area contributed by atoms with Crippen molar-refractivity contribution in [1.29, 1.82) is 0 Å². The number of nitrogens with zero attached hydrogens (tertiary/aromatic N) is 3. The van der Waals surface area contributed by atoms with Crippen molar-refractivity contribution in [2.75, 3.05) is 19.4 Å². The predicted octanol–water partition coefficient (Wildman–Crippen LogP) is 4.21. The lowest BCUT2D eigenvalue weighted by Gasteiger charge is -2.18. The number of phenolic OH excluding ortho intramolecular Hbond substituents is 1. The Morgan fingerprint density at radius 2 is 1.79 bits per heavy atom. The van der Waals surface area contributed by atoms with E-state index >= 15 is 0 Å². The van der Waals surface area contributed by atoms with E-state index < -0.39 is 0 Å². The number of amides is 1. The quantitative estimate of drug-likeness (QED) is 0.442. The summed E-state index contributed by atoms with van der Waals surface area (Å²) >= 11 is 0. The van der Waals surface area contributed by atoms with Gasteiger partial charge in [0.15, 0.2) is 11.4 Å². The van der Waals surface area contributed by atoms with Gasteiger partial charge in [0.05, 0.1) is 11.3 Å². The minimum Gasteiger partial charge on any atom is -0.505 e. The molecule has 0 spiro atoms. The number of aromatic nitrogens is 1. The molecule has 0 bridgehead atoms. The zero-order valence-electron chi connectivity index (χ0n) is 18.0. The lowest BCUT2D eigenvalue weighted by Crippen LogP contribution is -2.21. The Morgan fingerprint density at radius 1 is 1.17 bits per heavy atom. The van der Waals surface area contributed by atoms with Crippen molar-refractivity contribution in [2.24, 2.45) is 10.4 Å². The summed E-state index contributed by atoms with van der Waals surface area (Å²) in [5.41, 5.74) is 1.16. The SMILES string of the molecule is CCn1c(O)c(N=C(C)C(C)(C)C)c(Nc2cccc(C(=O)N(C)C)c2O)c1O. The molecule has 29 heavy (non-hydrogen) atoms. The molecular formula is C21H30N4O4. The highest BCUT2D eigenvalue weighted by molar-refractivity contribution is 5.99. The second-order valence-electron chi connectivity index (χ2n) is 8.09. The van der Waals surface area contributed by atoms with Gasteiger partial charge in [0.2, 0.25) is 11.8 Å². The van der Waals surface area contributed by atoms with E-state index in [0.29, 0.717) is 6.54 Å². The standard InChI is InChI=1S/C21H30N4O4/c1-8-25-19(28)15(22-12(2)21(3,4)5)16(20(25)29)23-14-11-9-10-13(17(14)26)18(27)24(6)7/h9-11,23,26,28-29H,8H2,1-7H3. The molecule has 0 aliphatic carbocycles. The number of nitrogens with one attached hydrogen (secondary N) is 1. The van der Waals surface area contributed by atoms with Gasteiger partial charge < -0.3 is 25.5 Å². The maximum Gasteiger partial charge on any atom is 0.257 e. The van der Waals surface area contributed by atoms with E-state index in [-0.39, 0.29) is 51.5 Å². The molecule has 8 nitrogen and oxygen atoms in total. The molecule has 0 aliphatic rings. The van der Waals surface area contributed by atoms with Gasteiger partial charge in [-0.2, -0.15) is 0 Å². The molecule has 0 atom stereocenters.